The summed E-state index contributed by atoms with van der Waals surface area (Å²) in [6, 6.07) is 5.46. The van der Waals surface area contributed by atoms with Crippen molar-refractivity contribution >= 4 is 11.9 Å². The Kier molecular flexibility index (Phi) is 3.73. The first-order valence-corrected chi connectivity index (χ1v) is 6.98. The molecule has 2 aromatic rings. The van der Waals surface area contributed by atoms with E-state index in [1.165, 1.54) is 7.11 Å². The molecule has 23 heavy (non-hydrogen) atoms. The number of carbonyl (C=O) groups excluding carboxylic acids is 1. The van der Waals surface area contributed by atoms with Gasteiger partial charge in [-0.25, -0.2) is 4.79 Å². The van der Waals surface area contributed by atoms with Crippen LogP contribution < -0.4 is 14.4 Å². The van der Waals surface area contributed by atoms with Crippen molar-refractivity contribution in [1.82, 2.24) is 15.0 Å². The average Bonchev–Trinajstić information content (AvgIpc) is 2.82. The molecular formula is C15H16N4O4. The Bertz CT molecular complexity index is 763. The SMILES string of the molecule is COc1nc(Oc2cccc3c2C(=O)OC3C)nc(N(C)C)n1. The number of hydrogen-bond donors (Lipinski definition) is 0. The highest BCUT2D eigenvalue weighted by molar-refractivity contribution is 5.97. The van der Waals surface area contributed by atoms with E-state index in [9.17, 15) is 4.79 Å². The Morgan fingerprint density at radius 3 is 2.61 bits per heavy atom. The van der Waals surface area contributed by atoms with Crippen LogP contribution in [0.3, 0.4) is 0 Å². The zero-order chi connectivity index (χ0) is 16.6. The van der Waals surface area contributed by atoms with Crippen LogP contribution in [0.25, 0.3) is 0 Å². The maximum atomic E-state index is 12.0. The molecule has 0 saturated heterocycles. The lowest BCUT2D eigenvalue weighted by Gasteiger charge is -2.12. The molecule has 3 rings (SSSR count). The average molecular weight is 316 g/mol. The molecule has 8 nitrogen and oxygen atoms in total. The van der Waals surface area contributed by atoms with Crippen LogP contribution in [-0.2, 0) is 4.74 Å². The molecule has 1 aromatic carbocycles. The maximum absolute atomic E-state index is 12.0. The summed E-state index contributed by atoms with van der Waals surface area (Å²) in [5.74, 6) is 0.308. The highest BCUT2D eigenvalue weighted by Gasteiger charge is 2.31. The first-order valence-electron chi connectivity index (χ1n) is 6.98. The quantitative estimate of drug-likeness (QED) is 0.791. The zero-order valence-electron chi connectivity index (χ0n) is 13.2. The molecule has 0 spiro atoms. The van der Waals surface area contributed by atoms with Gasteiger partial charge < -0.3 is 19.1 Å². The Morgan fingerprint density at radius 2 is 1.91 bits per heavy atom. The summed E-state index contributed by atoms with van der Waals surface area (Å²) >= 11 is 0. The van der Waals surface area contributed by atoms with E-state index in [0.717, 1.165) is 5.56 Å². The summed E-state index contributed by atoms with van der Waals surface area (Å²) < 4.78 is 16.0. The third-order valence-corrected chi connectivity index (χ3v) is 3.35. The van der Waals surface area contributed by atoms with Gasteiger partial charge in [0.2, 0.25) is 5.95 Å². The molecule has 0 N–H and O–H groups in total. The lowest BCUT2D eigenvalue weighted by atomic mass is 10.1. The number of cyclic esters (lactones) is 1. The second kappa shape index (κ2) is 5.71. The van der Waals surface area contributed by atoms with Gasteiger partial charge in [-0.05, 0) is 13.0 Å². The standard InChI is InChI=1S/C15H16N4O4/c1-8-9-6-5-7-10(11(9)12(20)22-8)23-15-17-13(19(2)3)16-14(18-15)21-4/h5-8H,1-4H3. The number of aromatic nitrogens is 3. The Morgan fingerprint density at radius 1 is 1.17 bits per heavy atom. The molecule has 0 amide bonds. The first kappa shape index (κ1) is 15.0. The number of rotatable bonds is 4. The Labute approximate surface area is 133 Å². The number of ether oxygens (including phenoxy) is 3. The number of esters is 1. The van der Waals surface area contributed by atoms with Gasteiger partial charge in [-0.2, -0.15) is 9.97 Å². The molecular weight excluding hydrogens is 300 g/mol. The van der Waals surface area contributed by atoms with E-state index >= 15 is 0 Å². The van der Waals surface area contributed by atoms with Gasteiger partial charge in [-0.3, -0.25) is 0 Å². The van der Waals surface area contributed by atoms with E-state index in [0.29, 0.717) is 17.3 Å². The summed E-state index contributed by atoms with van der Waals surface area (Å²) in [6.45, 7) is 1.81. The minimum absolute atomic E-state index is 0.0429. The second-order valence-electron chi connectivity index (χ2n) is 5.17. The molecule has 1 aliphatic heterocycles. The van der Waals surface area contributed by atoms with Crippen LogP contribution in [-0.4, -0.2) is 42.1 Å². The van der Waals surface area contributed by atoms with Crippen LogP contribution in [0.15, 0.2) is 18.2 Å². The highest BCUT2D eigenvalue weighted by atomic mass is 16.6. The largest absolute Gasteiger partial charge is 0.467 e. The van der Waals surface area contributed by atoms with Crippen molar-refractivity contribution in [3.8, 4) is 17.8 Å². The van der Waals surface area contributed by atoms with Crippen molar-refractivity contribution in [3.05, 3.63) is 29.3 Å². The Balaban J connectivity index is 2.01. The topological polar surface area (TPSA) is 86.7 Å². The molecule has 0 radical (unpaired) electrons. The summed E-state index contributed by atoms with van der Waals surface area (Å²) in [4.78, 5) is 26.0. The van der Waals surface area contributed by atoms with E-state index in [-0.39, 0.29) is 18.1 Å². The lowest BCUT2D eigenvalue weighted by Crippen LogP contribution is -2.14. The van der Waals surface area contributed by atoms with Gasteiger partial charge in [0.1, 0.15) is 17.4 Å². The van der Waals surface area contributed by atoms with E-state index in [2.05, 4.69) is 15.0 Å². The van der Waals surface area contributed by atoms with Gasteiger partial charge in [-0.15, -0.1) is 4.98 Å². The molecule has 1 atom stereocenters. The van der Waals surface area contributed by atoms with Crippen molar-refractivity contribution in [3.63, 3.8) is 0 Å². The number of nitrogens with zero attached hydrogens (tertiary/aromatic N) is 4. The van der Waals surface area contributed by atoms with Crippen molar-refractivity contribution in [2.45, 2.75) is 13.0 Å². The predicted molar refractivity (Wildman–Crippen MR) is 81.1 cm³/mol. The van der Waals surface area contributed by atoms with Gasteiger partial charge in [0, 0.05) is 19.7 Å². The number of hydrogen-bond acceptors (Lipinski definition) is 8. The molecule has 0 fully saturated rings. The minimum atomic E-state index is -0.419. The highest BCUT2D eigenvalue weighted by Crippen LogP contribution is 2.37. The predicted octanol–water partition coefficient (Wildman–Crippen LogP) is 1.97. The number of anilines is 1. The molecule has 1 aliphatic rings. The van der Waals surface area contributed by atoms with Crippen LogP contribution in [0.4, 0.5) is 5.95 Å². The van der Waals surface area contributed by atoms with E-state index in [1.807, 2.05) is 13.0 Å². The third-order valence-electron chi connectivity index (χ3n) is 3.35. The molecule has 8 heteroatoms. The number of benzene rings is 1. The third kappa shape index (κ3) is 2.75. The lowest BCUT2D eigenvalue weighted by molar-refractivity contribution is 0.0420. The van der Waals surface area contributed by atoms with Crippen LogP contribution in [0.2, 0.25) is 0 Å². The molecule has 1 unspecified atom stereocenters. The fourth-order valence-corrected chi connectivity index (χ4v) is 2.24. The molecule has 1 aromatic heterocycles. The number of carbonyl (C=O) groups is 1. The van der Waals surface area contributed by atoms with Crippen LogP contribution in [0.5, 0.6) is 17.8 Å². The van der Waals surface area contributed by atoms with Crippen molar-refractivity contribution in [2.24, 2.45) is 0 Å². The van der Waals surface area contributed by atoms with Crippen LogP contribution in [0, 0.1) is 0 Å². The molecule has 0 saturated carbocycles. The second-order valence-corrected chi connectivity index (χ2v) is 5.17. The summed E-state index contributed by atoms with van der Waals surface area (Å²) in [5, 5.41) is 0. The van der Waals surface area contributed by atoms with Gasteiger partial charge in [-0.1, -0.05) is 12.1 Å². The van der Waals surface area contributed by atoms with Gasteiger partial charge >= 0.3 is 18.0 Å². The van der Waals surface area contributed by atoms with E-state index in [4.69, 9.17) is 14.2 Å². The van der Waals surface area contributed by atoms with Gasteiger partial charge in [0.15, 0.2) is 0 Å². The fourth-order valence-electron chi connectivity index (χ4n) is 2.24. The summed E-state index contributed by atoms with van der Waals surface area (Å²) in [6.07, 6.45) is -0.300. The summed E-state index contributed by atoms with van der Waals surface area (Å²) in [7, 11) is 5.04. The van der Waals surface area contributed by atoms with Crippen LogP contribution >= 0.6 is 0 Å². The first-order chi connectivity index (χ1) is 11.0. The smallest absolute Gasteiger partial charge is 0.342 e. The van der Waals surface area contributed by atoms with Gasteiger partial charge in [0.25, 0.3) is 0 Å². The van der Waals surface area contributed by atoms with E-state index in [1.54, 1.807) is 31.1 Å². The molecule has 0 aliphatic carbocycles. The normalized spacial score (nSPS) is 15.8. The zero-order valence-corrected chi connectivity index (χ0v) is 13.2. The van der Waals surface area contributed by atoms with Crippen LogP contribution in [0.1, 0.15) is 28.9 Å². The van der Waals surface area contributed by atoms with Gasteiger partial charge in [0.05, 0.1) is 7.11 Å². The molecule has 0 bridgehead atoms. The van der Waals surface area contributed by atoms with Crippen molar-refractivity contribution in [1.29, 1.82) is 0 Å². The van der Waals surface area contributed by atoms with Crippen molar-refractivity contribution in [2.75, 3.05) is 26.1 Å². The van der Waals surface area contributed by atoms with Crippen molar-refractivity contribution < 1.29 is 19.0 Å². The maximum Gasteiger partial charge on any atom is 0.342 e. The Hall–Kier alpha value is -2.90. The molecule has 120 valence electrons. The number of fused-ring (bicyclic) bond motifs is 1. The minimum Gasteiger partial charge on any atom is -0.467 e. The van der Waals surface area contributed by atoms with E-state index < -0.39 is 5.97 Å². The number of methoxy groups -OCH3 is 1. The molecule has 2 heterocycles. The summed E-state index contributed by atoms with van der Waals surface area (Å²) in [5.41, 5.74) is 1.17. The monoisotopic (exact) mass is 316 g/mol. The fraction of sp³-hybridized carbons (Fsp3) is 0.333.